The molecule has 0 saturated carbocycles. The Kier molecular flexibility index (Phi) is 107. The van der Waals surface area contributed by atoms with E-state index in [9.17, 15) is 0 Å². The zero-order chi connectivity index (χ0) is 5.41. The van der Waals surface area contributed by atoms with Crippen LogP contribution in [0.15, 0.2) is 0 Å². The van der Waals surface area contributed by atoms with Crippen molar-refractivity contribution in [3.05, 3.63) is 0 Å². The van der Waals surface area contributed by atoms with Gasteiger partial charge in [0.2, 0.25) is 0 Å². The second-order valence-electron chi connectivity index (χ2n) is 0.200. The van der Waals surface area contributed by atoms with E-state index >= 15 is 0 Å². The molecule has 0 fully saturated rings. The number of hydrogen-bond donors (Lipinski definition) is 2. The number of aliphatic hydroxyl groups is 2. The van der Waals surface area contributed by atoms with Crippen LogP contribution in [-0.2, 0) is 0 Å². The van der Waals surface area contributed by atoms with E-state index in [0.29, 0.717) is 0 Å². The first-order chi connectivity index (χ1) is 2.83. The van der Waals surface area contributed by atoms with Crippen molar-refractivity contribution in [1.82, 2.24) is 0 Å². The number of aliphatic hydroxyl groups excluding tert-OH is 2. The molecule has 0 saturated heterocycles. The number of nitriles is 2. The van der Waals surface area contributed by atoms with Gasteiger partial charge in [-0.15, -0.1) is 0 Å². The first-order valence-electron chi connectivity index (χ1n) is 0.894. The normalized spacial score (nSPS) is 2.00. The Hall–Kier alpha value is -0.420. The Bertz CT molecular complexity index is 68.7. The molecule has 0 spiro atoms. The molecule has 0 unspecified atom stereocenters. The van der Waals surface area contributed by atoms with E-state index in [1.54, 1.807) is 0 Å². The summed E-state index contributed by atoms with van der Waals surface area (Å²) < 4.78 is 0. The van der Waals surface area contributed by atoms with Gasteiger partial charge in [0.25, 0.3) is 12.5 Å². The second-order valence-corrected chi connectivity index (χ2v) is 0.200. The Morgan fingerprint density at radius 3 is 1.00 bits per heavy atom. The average molecular weight is 110 g/mol. The number of nitrogens with zero attached hydrogens (tertiary/aromatic N) is 2. The molecule has 5 heteroatoms. The molecule has 0 aliphatic heterocycles. The summed E-state index contributed by atoms with van der Waals surface area (Å²) in [5, 5.41) is 27.5. The third-order valence-corrected chi connectivity index (χ3v) is 0. The van der Waals surface area contributed by atoms with Gasteiger partial charge in [-0.3, -0.25) is 0 Å². The summed E-state index contributed by atoms with van der Waals surface area (Å²) in [4.78, 5) is 0. The standard InChI is InChI=1S/2CHNO.Na.H/c2*2-1-3;;/h2*3H;;. The van der Waals surface area contributed by atoms with E-state index in [1.165, 1.54) is 0 Å². The molecular formula is C2H3N2NaO2. The summed E-state index contributed by atoms with van der Waals surface area (Å²) in [5.41, 5.74) is 0. The maximum atomic E-state index is 6.88. The predicted octanol–water partition coefficient (Wildman–Crippen LogP) is -0.969. The monoisotopic (exact) mass is 110 g/mol. The molecule has 0 aliphatic carbocycles. The van der Waals surface area contributed by atoms with Gasteiger partial charge in [0.1, 0.15) is 0 Å². The second kappa shape index (κ2) is 46.9. The maximum absolute atomic E-state index is 6.88. The van der Waals surface area contributed by atoms with Gasteiger partial charge in [0.15, 0.2) is 0 Å². The van der Waals surface area contributed by atoms with Gasteiger partial charge in [-0.25, -0.2) is 0 Å². The molecule has 0 amide bonds. The molecule has 0 heterocycles. The van der Waals surface area contributed by atoms with Crippen LogP contribution in [-0.4, -0.2) is 39.8 Å². The molecule has 2 N–H and O–H groups in total. The minimum atomic E-state index is 0. The summed E-state index contributed by atoms with van der Waals surface area (Å²) in [7, 11) is 0. The fourth-order valence-corrected chi connectivity index (χ4v) is 0. The van der Waals surface area contributed by atoms with Gasteiger partial charge in [-0.2, -0.15) is 10.5 Å². The third-order valence-electron chi connectivity index (χ3n) is 0. The van der Waals surface area contributed by atoms with E-state index < -0.39 is 0 Å². The molecule has 0 bridgehead atoms. The van der Waals surface area contributed by atoms with Crippen molar-refractivity contribution in [3.8, 4) is 12.5 Å². The van der Waals surface area contributed by atoms with Crippen LogP contribution in [0.1, 0.15) is 0 Å². The van der Waals surface area contributed by atoms with E-state index in [4.69, 9.17) is 20.7 Å². The molecular weight excluding hydrogens is 107 g/mol. The third kappa shape index (κ3) is 405. The molecule has 34 valence electrons. The van der Waals surface area contributed by atoms with Crippen LogP contribution >= 0.6 is 0 Å². The van der Waals surface area contributed by atoms with Crippen molar-refractivity contribution in [3.63, 3.8) is 0 Å². The Balaban J connectivity index is -0.0000000400. The van der Waals surface area contributed by atoms with Gasteiger partial charge >= 0.3 is 29.6 Å². The zero-order valence-corrected chi connectivity index (χ0v) is 2.79. The fraction of sp³-hybridized carbons (Fsp3) is 0. The Morgan fingerprint density at radius 1 is 1.00 bits per heavy atom. The Morgan fingerprint density at radius 2 is 1.00 bits per heavy atom. The van der Waals surface area contributed by atoms with Crippen molar-refractivity contribution in [2.24, 2.45) is 0 Å². The molecule has 0 rings (SSSR count). The topological polar surface area (TPSA) is 88.0 Å². The van der Waals surface area contributed by atoms with Gasteiger partial charge in [0.05, 0.1) is 0 Å². The summed E-state index contributed by atoms with van der Waals surface area (Å²) >= 11 is 0. The molecule has 0 aliphatic rings. The van der Waals surface area contributed by atoms with Crippen molar-refractivity contribution in [1.29, 1.82) is 10.5 Å². The zero-order valence-electron chi connectivity index (χ0n) is 2.79. The van der Waals surface area contributed by atoms with E-state index in [-0.39, 0.29) is 29.6 Å². The minimum absolute atomic E-state index is 0. The van der Waals surface area contributed by atoms with Crippen LogP contribution in [0.5, 0.6) is 0 Å². The van der Waals surface area contributed by atoms with Crippen LogP contribution in [0, 0.1) is 23.0 Å². The number of rotatable bonds is 0. The van der Waals surface area contributed by atoms with Crippen LogP contribution in [0.3, 0.4) is 0 Å². The number of hydrogen-bond acceptors (Lipinski definition) is 4. The van der Waals surface area contributed by atoms with Crippen LogP contribution in [0.4, 0.5) is 0 Å². The SMILES string of the molecule is N#CO.N#CO.[NaH]. The Labute approximate surface area is 62.9 Å². The van der Waals surface area contributed by atoms with Crippen LogP contribution in [0.25, 0.3) is 0 Å². The van der Waals surface area contributed by atoms with Crippen molar-refractivity contribution in [2.45, 2.75) is 0 Å². The predicted molar refractivity (Wildman–Crippen MR) is 22.2 cm³/mol. The molecule has 0 aromatic heterocycles. The summed E-state index contributed by atoms with van der Waals surface area (Å²) in [6, 6.07) is 0. The molecule has 7 heavy (non-hydrogen) atoms. The molecule has 0 radical (unpaired) electrons. The van der Waals surface area contributed by atoms with Crippen LogP contribution in [0.2, 0.25) is 0 Å². The summed E-state index contributed by atoms with van der Waals surface area (Å²) in [6.07, 6.45) is 1.50. The van der Waals surface area contributed by atoms with Gasteiger partial charge in [-0.1, -0.05) is 0 Å². The van der Waals surface area contributed by atoms with Crippen molar-refractivity contribution >= 4 is 29.6 Å². The summed E-state index contributed by atoms with van der Waals surface area (Å²) in [5.74, 6) is 0. The average Bonchev–Trinajstić information content (AvgIpc) is 1.39. The van der Waals surface area contributed by atoms with E-state index in [1.807, 2.05) is 0 Å². The first-order valence-corrected chi connectivity index (χ1v) is 0.894. The molecule has 4 nitrogen and oxygen atoms in total. The van der Waals surface area contributed by atoms with Gasteiger partial charge in [-0.05, 0) is 0 Å². The molecule has 0 aromatic rings. The van der Waals surface area contributed by atoms with Crippen molar-refractivity contribution < 1.29 is 10.2 Å². The van der Waals surface area contributed by atoms with Crippen molar-refractivity contribution in [2.75, 3.05) is 0 Å². The fourth-order valence-electron chi connectivity index (χ4n) is 0. The first kappa shape index (κ1) is 16.0. The quantitative estimate of drug-likeness (QED) is 0.310. The van der Waals surface area contributed by atoms with Gasteiger partial charge in [0, 0.05) is 0 Å². The molecule has 0 aromatic carbocycles. The van der Waals surface area contributed by atoms with Gasteiger partial charge < -0.3 is 10.2 Å². The summed E-state index contributed by atoms with van der Waals surface area (Å²) in [6.45, 7) is 0. The van der Waals surface area contributed by atoms with Crippen LogP contribution < -0.4 is 0 Å². The molecule has 0 atom stereocenters. The van der Waals surface area contributed by atoms with E-state index in [0.717, 1.165) is 12.5 Å². The van der Waals surface area contributed by atoms with E-state index in [2.05, 4.69) is 0 Å².